The van der Waals surface area contributed by atoms with Gasteiger partial charge in [-0.05, 0) is 19.4 Å². The molecule has 0 aliphatic carbocycles. The van der Waals surface area contributed by atoms with Crippen LogP contribution in [-0.4, -0.2) is 63.4 Å². The highest BCUT2D eigenvalue weighted by Gasteiger charge is 2.19. The molecule has 2 heterocycles. The van der Waals surface area contributed by atoms with Gasteiger partial charge in [0.1, 0.15) is 0 Å². The summed E-state index contributed by atoms with van der Waals surface area (Å²) < 4.78 is 2.09. The Balaban J connectivity index is 1.83. The van der Waals surface area contributed by atoms with Crippen LogP contribution in [0.25, 0.3) is 0 Å². The maximum Gasteiger partial charge on any atom is 0.304 e. The number of carboxylic acids is 1. The van der Waals surface area contributed by atoms with E-state index in [2.05, 4.69) is 39.5 Å². The molecule has 0 spiro atoms. The SMILES string of the molecule is CCc1cc(CN2CCN(CCC(=O)O)CC2)n(CC)n1. The van der Waals surface area contributed by atoms with Crippen LogP contribution in [0.15, 0.2) is 6.07 Å². The van der Waals surface area contributed by atoms with Crippen molar-refractivity contribution in [1.82, 2.24) is 19.6 Å². The van der Waals surface area contributed by atoms with Crippen molar-refractivity contribution in [3.63, 3.8) is 0 Å². The largest absolute Gasteiger partial charge is 0.481 e. The molecule has 21 heavy (non-hydrogen) atoms. The van der Waals surface area contributed by atoms with E-state index < -0.39 is 5.97 Å². The molecule has 0 amide bonds. The molecule has 0 atom stereocenters. The Bertz CT molecular complexity index is 464. The minimum absolute atomic E-state index is 0.239. The van der Waals surface area contributed by atoms with Crippen LogP contribution in [0.4, 0.5) is 0 Å². The van der Waals surface area contributed by atoms with E-state index in [1.165, 1.54) is 5.69 Å². The molecule has 6 nitrogen and oxygen atoms in total. The number of carbonyl (C=O) groups is 1. The van der Waals surface area contributed by atoms with E-state index in [1.54, 1.807) is 0 Å². The van der Waals surface area contributed by atoms with E-state index >= 15 is 0 Å². The summed E-state index contributed by atoms with van der Waals surface area (Å²) in [7, 11) is 0. The topological polar surface area (TPSA) is 61.6 Å². The standard InChI is InChI=1S/C15H26N4O2/c1-3-13-11-14(19(4-2)16-13)12-18-9-7-17(8-10-18)6-5-15(20)21/h11H,3-10,12H2,1-2H3,(H,20,21). The molecule has 0 bridgehead atoms. The molecule has 1 aliphatic heterocycles. The Morgan fingerprint density at radius 1 is 1.24 bits per heavy atom. The Morgan fingerprint density at radius 2 is 1.90 bits per heavy atom. The van der Waals surface area contributed by atoms with Crippen LogP contribution in [0.2, 0.25) is 0 Å². The average Bonchev–Trinajstić information content (AvgIpc) is 2.88. The first-order chi connectivity index (χ1) is 10.1. The Hall–Kier alpha value is -1.40. The van der Waals surface area contributed by atoms with Crippen molar-refractivity contribution in [2.24, 2.45) is 0 Å². The minimum atomic E-state index is -0.712. The van der Waals surface area contributed by atoms with Crippen molar-refractivity contribution < 1.29 is 9.90 Å². The van der Waals surface area contributed by atoms with Gasteiger partial charge in [0.15, 0.2) is 0 Å². The zero-order valence-electron chi connectivity index (χ0n) is 13.1. The molecule has 118 valence electrons. The fraction of sp³-hybridized carbons (Fsp3) is 0.733. The molecule has 0 radical (unpaired) electrons. The normalized spacial score (nSPS) is 17.2. The number of nitrogens with zero attached hydrogens (tertiary/aromatic N) is 4. The second kappa shape index (κ2) is 7.56. The third kappa shape index (κ3) is 4.54. The third-order valence-corrected chi connectivity index (χ3v) is 4.07. The maximum absolute atomic E-state index is 10.6. The number of aromatic nitrogens is 2. The van der Waals surface area contributed by atoms with Gasteiger partial charge in [-0.1, -0.05) is 6.92 Å². The summed E-state index contributed by atoms with van der Waals surface area (Å²) in [5, 5.41) is 13.3. The molecular formula is C15H26N4O2. The predicted octanol–water partition coefficient (Wildman–Crippen LogP) is 1.06. The number of hydrogen-bond donors (Lipinski definition) is 1. The lowest BCUT2D eigenvalue weighted by Gasteiger charge is -2.34. The molecule has 6 heteroatoms. The van der Waals surface area contributed by atoms with Crippen molar-refractivity contribution >= 4 is 5.97 Å². The number of aryl methyl sites for hydroxylation is 2. The first-order valence-electron chi connectivity index (χ1n) is 7.84. The summed E-state index contributed by atoms with van der Waals surface area (Å²) >= 11 is 0. The van der Waals surface area contributed by atoms with Crippen LogP contribution in [0.3, 0.4) is 0 Å². The monoisotopic (exact) mass is 294 g/mol. The van der Waals surface area contributed by atoms with Gasteiger partial charge in [-0.3, -0.25) is 14.4 Å². The lowest BCUT2D eigenvalue weighted by atomic mass is 10.2. The van der Waals surface area contributed by atoms with Gasteiger partial charge in [-0.25, -0.2) is 0 Å². The lowest BCUT2D eigenvalue weighted by Crippen LogP contribution is -2.46. The first kappa shape index (κ1) is 16.0. The maximum atomic E-state index is 10.6. The zero-order valence-corrected chi connectivity index (χ0v) is 13.1. The van der Waals surface area contributed by atoms with Gasteiger partial charge in [0.2, 0.25) is 0 Å². The van der Waals surface area contributed by atoms with Gasteiger partial charge in [-0.2, -0.15) is 5.10 Å². The van der Waals surface area contributed by atoms with E-state index in [0.29, 0.717) is 6.54 Å². The van der Waals surface area contributed by atoms with E-state index in [4.69, 9.17) is 5.11 Å². The number of aliphatic carboxylic acids is 1. The van der Waals surface area contributed by atoms with Crippen LogP contribution in [0.1, 0.15) is 31.7 Å². The summed E-state index contributed by atoms with van der Waals surface area (Å²) in [5.74, 6) is -0.712. The van der Waals surface area contributed by atoms with Gasteiger partial charge >= 0.3 is 5.97 Å². The van der Waals surface area contributed by atoms with E-state index in [9.17, 15) is 4.79 Å². The first-order valence-corrected chi connectivity index (χ1v) is 7.84. The van der Waals surface area contributed by atoms with E-state index in [0.717, 1.165) is 51.4 Å². The number of hydrogen-bond acceptors (Lipinski definition) is 4. The van der Waals surface area contributed by atoms with Gasteiger partial charge in [0.05, 0.1) is 17.8 Å². The minimum Gasteiger partial charge on any atom is -0.481 e. The predicted molar refractivity (Wildman–Crippen MR) is 81.2 cm³/mol. The smallest absolute Gasteiger partial charge is 0.304 e. The molecular weight excluding hydrogens is 268 g/mol. The Labute approximate surface area is 126 Å². The molecule has 1 aromatic rings. The van der Waals surface area contributed by atoms with Crippen LogP contribution < -0.4 is 0 Å². The zero-order chi connectivity index (χ0) is 15.2. The van der Waals surface area contributed by atoms with Gasteiger partial charge in [0.25, 0.3) is 0 Å². The van der Waals surface area contributed by atoms with Crippen molar-refractivity contribution in [1.29, 1.82) is 0 Å². The van der Waals surface area contributed by atoms with Crippen LogP contribution in [0.5, 0.6) is 0 Å². The fourth-order valence-corrected chi connectivity index (χ4v) is 2.74. The van der Waals surface area contributed by atoms with Crippen molar-refractivity contribution in [3.8, 4) is 0 Å². The average molecular weight is 294 g/mol. The van der Waals surface area contributed by atoms with Crippen LogP contribution in [-0.2, 0) is 24.3 Å². The number of carboxylic acid groups (broad SMARTS) is 1. The molecule has 0 aromatic carbocycles. The van der Waals surface area contributed by atoms with Gasteiger partial charge in [-0.15, -0.1) is 0 Å². The molecule has 0 saturated carbocycles. The molecule has 1 saturated heterocycles. The molecule has 1 N–H and O–H groups in total. The Morgan fingerprint density at radius 3 is 2.48 bits per heavy atom. The molecule has 0 unspecified atom stereocenters. The lowest BCUT2D eigenvalue weighted by molar-refractivity contribution is -0.137. The summed E-state index contributed by atoms with van der Waals surface area (Å²) in [5.41, 5.74) is 2.44. The second-order valence-electron chi connectivity index (χ2n) is 5.56. The van der Waals surface area contributed by atoms with Crippen LogP contribution >= 0.6 is 0 Å². The van der Waals surface area contributed by atoms with E-state index in [-0.39, 0.29) is 6.42 Å². The second-order valence-corrected chi connectivity index (χ2v) is 5.56. The fourth-order valence-electron chi connectivity index (χ4n) is 2.74. The Kier molecular flexibility index (Phi) is 5.76. The van der Waals surface area contributed by atoms with Crippen molar-refractivity contribution in [2.75, 3.05) is 32.7 Å². The highest BCUT2D eigenvalue weighted by atomic mass is 16.4. The van der Waals surface area contributed by atoms with Crippen LogP contribution in [0, 0.1) is 0 Å². The molecule has 2 rings (SSSR count). The van der Waals surface area contributed by atoms with Gasteiger partial charge in [0, 0.05) is 45.8 Å². The highest BCUT2D eigenvalue weighted by Crippen LogP contribution is 2.11. The van der Waals surface area contributed by atoms with Gasteiger partial charge < -0.3 is 10.0 Å². The third-order valence-electron chi connectivity index (χ3n) is 4.07. The summed E-state index contributed by atoms with van der Waals surface area (Å²) in [6.45, 7) is 10.7. The number of piperazine rings is 1. The molecule has 1 aromatic heterocycles. The summed E-state index contributed by atoms with van der Waals surface area (Å²) in [6, 6.07) is 2.21. The summed E-state index contributed by atoms with van der Waals surface area (Å²) in [4.78, 5) is 15.3. The summed E-state index contributed by atoms with van der Waals surface area (Å²) in [6.07, 6.45) is 1.21. The number of rotatable bonds is 7. The molecule has 1 aliphatic rings. The molecule has 1 fully saturated rings. The van der Waals surface area contributed by atoms with Crippen molar-refractivity contribution in [3.05, 3.63) is 17.5 Å². The van der Waals surface area contributed by atoms with Crippen molar-refractivity contribution in [2.45, 2.75) is 39.8 Å². The quantitative estimate of drug-likeness (QED) is 0.815. The van der Waals surface area contributed by atoms with E-state index in [1.807, 2.05) is 0 Å². The highest BCUT2D eigenvalue weighted by molar-refractivity contribution is 5.66.